The van der Waals surface area contributed by atoms with E-state index >= 15 is 0 Å². The van der Waals surface area contributed by atoms with Crippen molar-refractivity contribution in [3.05, 3.63) is 81.9 Å². The van der Waals surface area contributed by atoms with E-state index in [1.165, 1.54) is 0 Å². The SMILES string of the molecule is Cc1cc(C(=O)NC2CCCNC2=O)ncc1-c1ccc(CC(NC(=O)CC2CCC(CN)CC2)C(=O)Nc2ccc3c(=O)[nH][nH]c3c2)cc1. The molecule has 2 aliphatic rings. The number of rotatable bonds is 11. The standard InChI is InChI=1S/C37H44N8O5/c1-21-15-31(36(49)43-29-3-2-14-39-35(29)48)40-20-28(21)25-10-8-22(9-11-25)16-32(42-33(46)17-23-4-6-24(19-38)7-5-23)37(50)41-26-12-13-27-30(18-26)44-45-34(27)47/h8-13,15,18,20,23-24,29,32H,2-7,14,16-17,19,38H2,1H3,(H,39,48)(H,41,50)(H,42,46)(H,43,49)(H2,44,45,47). The van der Waals surface area contributed by atoms with Gasteiger partial charge in [-0.15, -0.1) is 0 Å². The number of aromatic amines is 2. The first-order valence-electron chi connectivity index (χ1n) is 17.3. The third-order valence-electron chi connectivity index (χ3n) is 9.91. The number of H-pyrrole nitrogens is 2. The van der Waals surface area contributed by atoms with Gasteiger partial charge in [-0.2, -0.15) is 0 Å². The fraction of sp³-hybridized carbons (Fsp3) is 0.405. The molecule has 8 N–H and O–H groups in total. The second-order valence-electron chi connectivity index (χ2n) is 13.5. The average Bonchev–Trinajstić information content (AvgIpc) is 3.49. The van der Waals surface area contributed by atoms with E-state index in [2.05, 4.69) is 36.4 Å². The van der Waals surface area contributed by atoms with Crippen molar-refractivity contribution in [1.82, 2.24) is 31.1 Å². The molecule has 2 fully saturated rings. The molecule has 0 bridgehead atoms. The van der Waals surface area contributed by atoms with Crippen LogP contribution in [-0.2, 0) is 20.8 Å². The third kappa shape index (κ3) is 8.28. The summed E-state index contributed by atoms with van der Waals surface area (Å²) in [6.07, 6.45) is 7.56. The zero-order valence-corrected chi connectivity index (χ0v) is 28.1. The monoisotopic (exact) mass is 680 g/mol. The van der Waals surface area contributed by atoms with Crippen LogP contribution in [0.5, 0.6) is 0 Å². The van der Waals surface area contributed by atoms with Gasteiger partial charge in [0.15, 0.2) is 0 Å². The lowest BCUT2D eigenvalue weighted by Gasteiger charge is -2.28. The molecule has 2 unspecified atom stereocenters. The van der Waals surface area contributed by atoms with Crippen LogP contribution in [0, 0.1) is 18.8 Å². The molecule has 4 amide bonds. The van der Waals surface area contributed by atoms with Gasteiger partial charge in [0.1, 0.15) is 17.8 Å². The zero-order chi connectivity index (χ0) is 35.2. The highest BCUT2D eigenvalue weighted by Gasteiger charge is 2.27. The molecule has 2 aromatic heterocycles. The Kier molecular flexibility index (Phi) is 10.7. The first-order chi connectivity index (χ1) is 24.2. The Morgan fingerprint density at radius 2 is 1.72 bits per heavy atom. The largest absolute Gasteiger partial charge is 0.354 e. The van der Waals surface area contributed by atoms with E-state index in [9.17, 15) is 24.0 Å². The van der Waals surface area contributed by atoms with E-state index in [1.54, 1.807) is 30.5 Å². The minimum atomic E-state index is -0.845. The van der Waals surface area contributed by atoms with E-state index in [0.29, 0.717) is 48.4 Å². The van der Waals surface area contributed by atoms with Crippen LogP contribution < -0.4 is 32.6 Å². The first-order valence-corrected chi connectivity index (χ1v) is 17.3. The molecule has 4 aromatic rings. The summed E-state index contributed by atoms with van der Waals surface area (Å²) in [4.78, 5) is 68.1. The lowest BCUT2D eigenvalue weighted by atomic mass is 9.80. The maximum atomic E-state index is 13.6. The fourth-order valence-electron chi connectivity index (χ4n) is 6.92. The molecule has 0 radical (unpaired) electrons. The van der Waals surface area contributed by atoms with Gasteiger partial charge in [0, 0.05) is 36.8 Å². The normalized spacial score (nSPS) is 19.7. The van der Waals surface area contributed by atoms with E-state index in [0.717, 1.165) is 54.4 Å². The molecule has 13 heteroatoms. The highest BCUT2D eigenvalue weighted by atomic mass is 16.2. The van der Waals surface area contributed by atoms with Crippen LogP contribution in [-0.4, -0.2) is 64.0 Å². The number of amides is 4. The van der Waals surface area contributed by atoms with Gasteiger partial charge in [0.2, 0.25) is 17.7 Å². The third-order valence-corrected chi connectivity index (χ3v) is 9.91. The number of hydrogen-bond acceptors (Lipinski definition) is 7. The Morgan fingerprint density at radius 3 is 2.44 bits per heavy atom. The van der Waals surface area contributed by atoms with Crippen molar-refractivity contribution < 1.29 is 19.2 Å². The summed E-state index contributed by atoms with van der Waals surface area (Å²) in [5.74, 6) is -0.346. The summed E-state index contributed by atoms with van der Waals surface area (Å²) in [6.45, 7) is 3.18. The second kappa shape index (κ2) is 15.5. The van der Waals surface area contributed by atoms with Crippen LogP contribution in [0.3, 0.4) is 0 Å². The van der Waals surface area contributed by atoms with Crippen molar-refractivity contribution in [3.63, 3.8) is 0 Å². The maximum absolute atomic E-state index is 13.6. The number of benzene rings is 2. The van der Waals surface area contributed by atoms with E-state index in [4.69, 9.17) is 5.73 Å². The summed E-state index contributed by atoms with van der Waals surface area (Å²) in [5.41, 5.74) is 10.3. The Morgan fingerprint density at radius 1 is 0.960 bits per heavy atom. The van der Waals surface area contributed by atoms with Crippen molar-refractivity contribution in [1.29, 1.82) is 0 Å². The predicted octanol–water partition coefficient (Wildman–Crippen LogP) is 3.06. The summed E-state index contributed by atoms with van der Waals surface area (Å²) < 4.78 is 0. The molecule has 1 aliphatic heterocycles. The van der Waals surface area contributed by atoms with Crippen molar-refractivity contribution in [2.24, 2.45) is 17.6 Å². The summed E-state index contributed by atoms with van der Waals surface area (Å²) in [6, 6.07) is 12.9. The van der Waals surface area contributed by atoms with Gasteiger partial charge in [-0.3, -0.25) is 39.2 Å². The van der Waals surface area contributed by atoms with E-state index in [1.807, 2.05) is 31.2 Å². The molecule has 6 rings (SSSR count). The molecular weight excluding hydrogens is 636 g/mol. The number of nitrogens with two attached hydrogens (primary N) is 1. The topological polar surface area (TPSA) is 204 Å². The Labute approximate surface area is 289 Å². The zero-order valence-electron chi connectivity index (χ0n) is 28.1. The highest BCUT2D eigenvalue weighted by molar-refractivity contribution is 5.99. The van der Waals surface area contributed by atoms with Gasteiger partial charge in [-0.05, 0) is 105 Å². The number of piperidine rings is 1. The van der Waals surface area contributed by atoms with Crippen LogP contribution in [0.2, 0.25) is 0 Å². The van der Waals surface area contributed by atoms with Gasteiger partial charge < -0.3 is 27.0 Å². The van der Waals surface area contributed by atoms with E-state index in [-0.39, 0.29) is 41.3 Å². The number of nitrogens with zero attached hydrogens (tertiary/aromatic N) is 1. The van der Waals surface area contributed by atoms with E-state index < -0.39 is 18.0 Å². The maximum Gasteiger partial charge on any atom is 0.271 e. The van der Waals surface area contributed by atoms with Crippen LogP contribution in [0.1, 0.15) is 66.6 Å². The summed E-state index contributed by atoms with van der Waals surface area (Å²) in [7, 11) is 0. The number of aromatic nitrogens is 3. The van der Waals surface area contributed by atoms with Crippen LogP contribution in [0.4, 0.5) is 5.69 Å². The van der Waals surface area contributed by atoms with Crippen LogP contribution >= 0.6 is 0 Å². The Hall–Kier alpha value is -5.30. The minimum absolute atomic E-state index is 0.168. The number of anilines is 1. The minimum Gasteiger partial charge on any atom is -0.354 e. The molecule has 2 aromatic carbocycles. The summed E-state index contributed by atoms with van der Waals surface area (Å²) >= 11 is 0. The molecule has 262 valence electrons. The molecule has 2 atom stereocenters. The van der Waals surface area contributed by atoms with Crippen LogP contribution in [0.25, 0.3) is 22.0 Å². The lowest BCUT2D eigenvalue weighted by Crippen LogP contribution is -2.50. The molecule has 1 saturated carbocycles. The van der Waals surface area contributed by atoms with Gasteiger partial charge in [-0.25, -0.2) is 0 Å². The number of pyridine rings is 1. The van der Waals surface area contributed by atoms with Crippen molar-refractivity contribution in [2.75, 3.05) is 18.4 Å². The second-order valence-corrected chi connectivity index (χ2v) is 13.5. The van der Waals surface area contributed by atoms with Crippen LogP contribution in [0.15, 0.2) is 59.5 Å². The number of nitrogens with one attached hydrogen (secondary N) is 6. The quantitative estimate of drug-likeness (QED) is 0.126. The van der Waals surface area contributed by atoms with Gasteiger partial charge in [-0.1, -0.05) is 24.3 Å². The van der Waals surface area contributed by atoms with Crippen molar-refractivity contribution in [3.8, 4) is 11.1 Å². The molecule has 0 spiro atoms. The number of carbonyl (C=O) groups excluding carboxylic acids is 4. The number of hydrogen-bond donors (Lipinski definition) is 7. The molecule has 3 heterocycles. The van der Waals surface area contributed by atoms with Gasteiger partial charge in [0.25, 0.3) is 11.5 Å². The lowest BCUT2D eigenvalue weighted by molar-refractivity contribution is -0.127. The number of carbonyl (C=O) groups is 4. The summed E-state index contributed by atoms with van der Waals surface area (Å²) in [5, 5.41) is 17.3. The predicted molar refractivity (Wildman–Crippen MR) is 190 cm³/mol. The molecule has 13 nitrogen and oxygen atoms in total. The highest BCUT2D eigenvalue weighted by Crippen LogP contribution is 2.30. The fourth-order valence-corrected chi connectivity index (χ4v) is 6.92. The molecule has 1 saturated heterocycles. The Bertz CT molecular complexity index is 1930. The van der Waals surface area contributed by atoms with Crippen molar-refractivity contribution >= 4 is 40.2 Å². The van der Waals surface area contributed by atoms with Crippen molar-refractivity contribution in [2.45, 2.75) is 70.4 Å². The Balaban J connectivity index is 1.14. The molecular formula is C37H44N8O5. The number of fused-ring (bicyclic) bond motifs is 1. The average molecular weight is 681 g/mol. The van der Waals surface area contributed by atoms with Gasteiger partial charge >= 0.3 is 0 Å². The smallest absolute Gasteiger partial charge is 0.271 e. The van der Waals surface area contributed by atoms with Gasteiger partial charge in [0.05, 0.1) is 10.9 Å². The number of aryl methyl sites for hydroxylation is 1. The first kappa shape index (κ1) is 34.6. The molecule has 1 aliphatic carbocycles. The molecule has 50 heavy (non-hydrogen) atoms.